The van der Waals surface area contributed by atoms with Crippen molar-refractivity contribution in [3.8, 4) is 0 Å². The number of carbonyl (C=O) groups is 1. The molecule has 25 heavy (non-hydrogen) atoms. The number of halogens is 2. The Morgan fingerprint density at radius 2 is 1.84 bits per heavy atom. The Hall–Kier alpha value is -1.91. The average molecular weight is 363 g/mol. The Balaban J connectivity index is 0.00000225. The molecule has 0 saturated carbocycles. The van der Waals surface area contributed by atoms with Gasteiger partial charge >= 0.3 is 0 Å². The fourth-order valence-corrected chi connectivity index (χ4v) is 3.31. The van der Waals surface area contributed by atoms with Crippen molar-refractivity contribution >= 4 is 18.3 Å². The van der Waals surface area contributed by atoms with Crippen LogP contribution in [-0.2, 0) is 11.2 Å². The van der Waals surface area contributed by atoms with Gasteiger partial charge in [-0.2, -0.15) is 0 Å². The van der Waals surface area contributed by atoms with Crippen molar-refractivity contribution in [2.45, 2.75) is 25.3 Å². The van der Waals surface area contributed by atoms with Crippen LogP contribution in [0.3, 0.4) is 0 Å². The topological polar surface area (TPSA) is 46.3 Å². The highest BCUT2D eigenvalue weighted by atomic mass is 35.5. The van der Waals surface area contributed by atoms with Gasteiger partial charge in [-0.1, -0.05) is 42.5 Å². The lowest BCUT2D eigenvalue weighted by molar-refractivity contribution is -0.130. The number of likely N-dealkylation sites (tertiary alicyclic amines) is 1. The first-order valence-corrected chi connectivity index (χ1v) is 8.44. The summed E-state index contributed by atoms with van der Waals surface area (Å²) in [4.78, 5) is 14.4. The van der Waals surface area contributed by atoms with Crippen LogP contribution in [0.5, 0.6) is 0 Å². The number of benzene rings is 2. The van der Waals surface area contributed by atoms with E-state index in [2.05, 4.69) is 0 Å². The fraction of sp³-hybridized carbons (Fsp3) is 0.350. The summed E-state index contributed by atoms with van der Waals surface area (Å²) in [5, 5.41) is 0. The molecule has 2 aromatic rings. The Kier molecular flexibility index (Phi) is 6.97. The Labute approximate surface area is 154 Å². The minimum atomic E-state index is -0.255. The number of nitrogens with zero attached hydrogens (tertiary/aromatic N) is 1. The normalized spacial score (nSPS) is 17.8. The highest BCUT2D eigenvalue weighted by Gasteiger charge is 2.27. The van der Waals surface area contributed by atoms with E-state index in [0.717, 1.165) is 37.1 Å². The van der Waals surface area contributed by atoms with Gasteiger partial charge in [0.1, 0.15) is 5.82 Å². The summed E-state index contributed by atoms with van der Waals surface area (Å²) in [5.41, 5.74) is 8.27. The second-order valence-electron chi connectivity index (χ2n) is 6.55. The van der Waals surface area contributed by atoms with Crippen LogP contribution in [0.25, 0.3) is 0 Å². The molecule has 1 fully saturated rings. The second kappa shape index (κ2) is 8.97. The molecule has 2 unspecified atom stereocenters. The molecule has 3 rings (SSSR count). The minimum absolute atomic E-state index is 0. The summed E-state index contributed by atoms with van der Waals surface area (Å²) in [6.07, 6.45) is 2.21. The van der Waals surface area contributed by atoms with Crippen molar-refractivity contribution < 1.29 is 9.18 Å². The molecule has 0 aromatic heterocycles. The van der Waals surface area contributed by atoms with E-state index >= 15 is 0 Å². The first-order valence-electron chi connectivity index (χ1n) is 8.44. The largest absolute Gasteiger partial charge is 0.342 e. The summed E-state index contributed by atoms with van der Waals surface area (Å²) in [6.45, 7) is 1.55. The van der Waals surface area contributed by atoms with Crippen LogP contribution >= 0.6 is 12.4 Å². The van der Waals surface area contributed by atoms with Crippen molar-refractivity contribution in [1.29, 1.82) is 0 Å². The van der Waals surface area contributed by atoms with E-state index in [4.69, 9.17) is 5.73 Å². The molecule has 2 atom stereocenters. The number of hydrogen-bond acceptors (Lipinski definition) is 2. The second-order valence-corrected chi connectivity index (χ2v) is 6.55. The zero-order chi connectivity index (χ0) is 16.9. The lowest BCUT2D eigenvalue weighted by Gasteiger charge is -2.19. The average Bonchev–Trinajstić information content (AvgIpc) is 3.06. The molecule has 2 N–H and O–H groups in total. The van der Waals surface area contributed by atoms with Crippen LogP contribution in [0.4, 0.5) is 4.39 Å². The number of hydrogen-bond donors (Lipinski definition) is 1. The van der Waals surface area contributed by atoms with E-state index in [1.807, 2.05) is 47.4 Å². The van der Waals surface area contributed by atoms with Gasteiger partial charge in [0.25, 0.3) is 0 Å². The van der Waals surface area contributed by atoms with Gasteiger partial charge in [-0.25, -0.2) is 4.39 Å². The molecule has 1 heterocycles. The molecule has 5 heteroatoms. The molecule has 1 aliphatic heterocycles. The smallest absolute Gasteiger partial charge is 0.224 e. The van der Waals surface area contributed by atoms with Crippen LogP contribution in [0, 0.1) is 11.7 Å². The molecule has 1 aliphatic rings. The maximum absolute atomic E-state index is 13.0. The first-order chi connectivity index (χ1) is 11.6. The van der Waals surface area contributed by atoms with Crippen LogP contribution in [0.1, 0.15) is 30.0 Å². The number of amides is 1. The lowest BCUT2D eigenvalue weighted by atomic mass is 9.99. The zero-order valence-electron chi connectivity index (χ0n) is 14.1. The molecule has 0 spiro atoms. The minimum Gasteiger partial charge on any atom is -0.342 e. The van der Waals surface area contributed by atoms with Gasteiger partial charge in [-0.3, -0.25) is 4.79 Å². The summed E-state index contributed by atoms with van der Waals surface area (Å²) >= 11 is 0. The molecule has 0 bridgehead atoms. The maximum atomic E-state index is 13.0. The predicted octanol–water partition coefficient (Wildman–Crippen LogP) is 3.73. The Bertz CT molecular complexity index is 678. The molecule has 1 saturated heterocycles. The monoisotopic (exact) mass is 362 g/mol. The van der Waals surface area contributed by atoms with Gasteiger partial charge in [0, 0.05) is 25.6 Å². The summed E-state index contributed by atoms with van der Waals surface area (Å²) in [6, 6.07) is 16.1. The Morgan fingerprint density at radius 1 is 1.16 bits per heavy atom. The van der Waals surface area contributed by atoms with E-state index in [-0.39, 0.29) is 30.2 Å². The highest BCUT2D eigenvalue weighted by Crippen LogP contribution is 2.23. The number of carbonyl (C=O) groups excluding carboxylic acids is 1. The lowest BCUT2D eigenvalue weighted by Crippen LogP contribution is -2.31. The Morgan fingerprint density at radius 3 is 2.52 bits per heavy atom. The first kappa shape index (κ1) is 19.4. The van der Waals surface area contributed by atoms with E-state index in [1.54, 1.807) is 0 Å². The SMILES string of the molecule is Cl.NC(CC(=O)N1CCC(Cc2ccc(F)cc2)C1)c1ccccc1. The van der Waals surface area contributed by atoms with E-state index in [9.17, 15) is 9.18 Å². The molecule has 3 nitrogen and oxygen atoms in total. The van der Waals surface area contributed by atoms with Gasteiger partial charge in [0.05, 0.1) is 0 Å². The van der Waals surface area contributed by atoms with Crippen molar-refractivity contribution in [3.63, 3.8) is 0 Å². The van der Waals surface area contributed by atoms with E-state index in [0.29, 0.717) is 12.3 Å². The maximum Gasteiger partial charge on any atom is 0.224 e. The highest BCUT2D eigenvalue weighted by molar-refractivity contribution is 5.85. The summed E-state index contributed by atoms with van der Waals surface area (Å²) < 4.78 is 13.0. The van der Waals surface area contributed by atoms with Gasteiger partial charge in [-0.15, -0.1) is 12.4 Å². The molecule has 134 valence electrons. The molecule has 0 radical (unpaired) electrons. The van der Waals surface area contributed by atoms with Crippen LogP contribution in [0.15, 0.2) is 54.6 Å². The van der Waals surface area contributed by atoms with Crippen LogP contribution < -0.4 is 5.73 Å². The van der Waals surface area contributed by atoms with Gasteiger partial charge < -0.3 is 10.6 Å². The van der Waals surface area contributed by atoms with E-state index in [1.165, 1.54) is 12.1 Å². The molecular formula is C20H24ClFN2O. The van der Waals surface area contributed by atoms with Crippen LogP contribution in [0.2, 0.25) is 0 Å². The van der Waals surface area contributed by atoms with Crippen molar-refractivity contribution in [1.82, 2.24) is 4.90 Å². The molecule has 1 amide bonds. The number of rotatable bonds is 5. The van der Waals surface area contributed by atoms with Gasteiger partial charge in [0.2, 0.25) is 5.91 Å². The van der Waals surface area contributed by atoms with Crippen molar-refractivity contribution in [3.05, 3.63) is 71.5 Å². The summed E-state index contributed by atoms with van der Waals surface area (Å²) in [7, 11) is 0. The van der Waals surface area contributed by atoms with Gasteiger partial charge in [0.15, 0.2) is 0 Å². The molecule has 2 aromatic carbocycles. The predicted molar refractivity (Wildman–Crippen MR) is 100 cm³/mol. The fourth-order valence-electron chi connectivity index (χ4n) is 3.31. The van der Waals surface area contributed by atoms with Crippen molar-refractivity contribution in [2.75, 3.05) is 13.1 Å². The van der Waals surface area contributed by atoms with Crippen molar-refractivity contribution in [2.24, 2.45) is 11.7 Å². The quantitative estimate of drug-likeness (QED) is 0.880. The molecule has 0 aliphatic carbocycles. The number of nitrogens with two attached hydrogens (primary N) is 1. The standard InChI is InChI=1S/C20H23FN2O.ClH/c21-18-8-6-15(7-9-18)12-16-10-11-23(14-16)20(24)13-19(22)17-4-2-1-3-5-17;/h1-9,16,19H,10-14,22H2;1H. The van der Waals surface area contributed by atoms with Crippen LogP contribution in [-0.4, -0.2) is 23.9 Å². The third-order valence-corrected chi connectivity index (χ3v) is 4.70. The zero-order valence-corrected chi connectivity index (χ0v) is 14.9. The van der Waals surface area contributed by atoms with E-state index < -0.39 is 0 Å². The third kappa shape index (κ3) is 5.28. The van der Waals surface area contributed by atoms with Gasteiger partial charge in [-0.05, 0) is 42.0 Å². The summed E-state index contributed by atoms with van der Waals surface area (Å²) in [5.74, 6) is 0.345. The molecular weight excluding hydrogens is 339 g/mol. The third-order valence-electron chi connectivity index (χ3n) is 4.70.